The summed E-state index contributed by atoms with van der Waals surface area (Å²) in [5.74, 6) is 0.787. The van der Waals surface area contributed by atoms with Crippen LogP contribution in [0.5, 0.6) is 5.75 Å². The minimum atomic E-state index is -0.510. The van der Waals surface area contributed by atoms with Gasteiger partial charge < -0.3 is 26.1 Å². The molecule has 0 saturated heterocycles. The molecule has 3 aromatic rings. The van der Waals surface area contributed by atoms with E-state index in [-0.39, 0.29) is 29.0 Å². The highest BCUT2D eigenvalue weighted by Crippen LogP contribution is 2.22. The lowest BCUT2D eigenvalue weighted by molar-refractivity contribution is 0.0945. The summed E-state index contributed by atoms with van der Waals surface area (Å²) in [5, 5.41) is 2.66. The summed E-state index contributed by atoms with van der Waals surface area (Å²) in [7, 11) is 1.60. The van der Waals surface area contributed by atoms with Crippen molar-refractivity contribution in [1.29, 1.82) is 0 Å². The molecule has 1 aromatic carbocycles. The molecule has 0 spiro atoms. The molecule has 1 amide bonds. The predicted molar refractivity (Wildman–Crippen MR) is 99.0 cm³/mol. The topological polar surface area (TPSA) is 134 Å². The molecular formula is C16H18ClN7O2. The van der Waals surface area contributed by atoms with Gasteiger partial charge in [-0.05, 0) is 19.1 Å². The van der Waals surface area contributed by atoms with Crippen LogP contribution < -0.4 is 21.5 Å². The van der Waals surface area contributed by atoms with Crippen LogP contribution in [-0.2, 0) is 13.1 Å². The Morgan fingerprint density at radius 2 is 2.04 bits per heavy atom. The number of fused-ring (bicyclic) bond motifs is 1. The van der Waals surface area contributed by atoms with Gasteiger partial charge in [0, 0.05) is 12.6 Å². The third-order valence-corrected chi connectivity index (χ3v) is 4.16. The van der Waals surface area contributed by atoms with Crippen LogP contribution in [0.2, 0.25) is 5.15 Å². The zero-order valence-corrected chi connectivity index (χ0v) is 15.0. The molecule has 10 heteroatoms. The first kappa shape index (κ1) is 17.7. The van der Waals surface area contributed by atoms with E-state index in [1.54, 1.807) is 7.11 Å². The average molecular weight is 376 g/mol. The summed E-state index contributed by atoms with van der Waals surface area (Å²) in [4.78, 5) is 24.6. The highest BCUT2D eigenvalue weighted by molar-refractivity contribution is 6.31. The smallest absolute Gasteiger partial charge is 0.274 e. The number of hydrogen-bond donors (Lipinski definition) is 3. The Morgan fingerprint density at radius 3 is 2.73 bits per heavy atom. The molecule has 0 radical (unpaired) electrons. The molecule has 0 atom stereocenters. The molecule has 2 heterocycles. The third kappa shape index (κ3) is 3.21. The SMILES string of the molecule is CCn1c(CNC(=O)c2nc(Cl)c(N)nc2N)nc2cc(OC)ccc21. The number of carbonyl (C=O) groups excluding carboxylic acids is 1. The van der Waals surface area contributed by atoms with Crippen molar-refractivity contribution in [1.82, 2.24) is 24.8 Å². The molecule has 2 aromatic heterocycles. The monoisotopic (exact) mass is 375 g/mol. The van der Waals surface area contributed by atoms with E-state index in [1.807, 2.05) is 29.7 Å². The van der Waals surface area contributed by atoms with Crippen molar-refractivity contribution in [2.75, 3.05) is 18.6 Å². The Balaban J connectivity index is 1.85. The normalized spacial score (nSPS) is 10.9. The Labute approximate surface area is 154 Å². The largest absolute Gasteiger partial charge is 0.497 e. The first-order valence-electron chi connectivity index (χ1n) is 7.84. The highest BCUT2D eigenvalue weighted by Gasteiger charge is 2.17. The van der Waals surface area contributed by atoms with Gasteiger partial charge in [-0.15, -0.1) is 0 Å². The fourth-order valence-corrected chi connectivity index (χ4v) is 2.75. The molecular weight excluding hydrogens is 358 g/mol. The average Bonchev–Trinajstić information content (AvgIpc) is 2.99. The molecule has 26 heavy (non-hydrogen) atoms. The molecule has 0 unspecified atom stereocenters. The second kappa shape index (κ2) is 7.04. The van der Waals surface area contributed by atoms with Crippen LogP contribution in [0.25, 0.3) is 11.0 Å². The Kier molecular flexibility index (Phi) is 4.81. The number of aryl methyl sites for hydroxylation is 1. The van der Waals surface area contributed by atoms with Gasteiger partial charge in [0.25, 0.3) is 5.91 Å². The number of amides is 1. The summed E-state index contributed by atoms with van der Waals surface area (Å²) in [6.07, 6.45) is 0. The third-order valence-electron chi connectivity index (χ3n) is 3.88. The Morgan fingerprint density at radius 1 is 1.27 bits per heavy atom. The lowest BCUT2D eigenvalue weighted by Crippen LogP contribution is -2.27. The summed E-state index contributed by atoms with van der Waals surface area (Å²) >= 11 is 5.81. The van der Waals surface area contributed by atoms with Crippen molar-refractivity contribution in [3.05, 3.63) is 34.9 Å². The summed E-state index contributed by atoms with van der Waals surface area (Å²) in [5.41, 5.74) is 12.9. The van der Waals surface area contributed by atoms with Crippen molar-refractivity contribution in [3.63, 3.8) is 0 Å². The number of carbonyl (C=O) groups is 1. The van der Waals surface area contributed by atoms with E-state index in [0.717, 1.165) is 11.0 Å². The van der Waals surface area contributed by atoms with Crippen molar-refractivity contribution in [3.8, 4) is 5.75 Å². The molecule has 0 aliphatic rings. The summed E-state index contributed by atoms with van der Waals surface area (Å²) in [6.45, 7) is 2.89. The number of ether oxygens (including phenoxy) is 1. The molecule has 0 fully saturated rings. The van der Waals surface area contributed by atoms with Crippen molar-refractivity contribution in [2.24, 2.45) is 0 Å². The van der Waals surface area contributed by atoms with E-state index < -0.39 is 5.91 Å². The fraction of sp³-hybridized carbons (Fsp3) is 0.250. The van der Waals surface area contributed by atoms with Gasteiger partial charge in [0.05, 0.1) is 24.7 Å². The van der Waals surface area contributed by atoms with E-state index in [4.69, 9.17) is 27.8 Å². The Hall–Kier alpha value is -3.07. The lowest BCUT2D eigenvalue weighted by atomic mass is 10.3. The van der Waals surface area contributed by atoms with Gasteiger partial charge in [-0.25, -0.2) is 15.0 Å². The number of anilines is 2. The van der Waals surface area contributed by atoms with Crippen molar-refractivity contribution < 1.29 is 9.53 Å². The molecule has 3 rings (SSSR count). The van der Waals surface area contributed by atoms with Gasteiger partial charge in [-0.3, -0.25) is 4.79 Å². The molecule has 0 bridgehead atoms. The number of nitrogens with two attached hydrogens (primary N) is 2. The number of aromatic nitrogens is 4. The first-order valence-corrected chi connectivity index (χ1v) is 8.22. The van der Waals surface area contributed by atoms with E-state index >= 15 is 0 Å². The standard InChI is InChI=1S/C16H18ClN7O2/c1-3-24-10-5-4-8(26-2)6-9(10)21-11(24)7-20-16(25)12-14(18)23-15(19)13(17)22-12/h4-6H,3,7H2,1-2H3,(H,20,25)(H4,18,19,23). The zero-order valence-electron chi connectivity index (χ0n) is 14.3. The van der Waals surface area contributed by atoms with Gasteiger partial charge >= 0.3 is 0 Å². The molecule has 0 aliphatic heterocycles. The lowest BCUT2D eigenvalue weighted by Gasteiger charge is -2.09. The van der Waals surface area contributed by atoms with E-state index in [0.29, 0.717) is 18.1 Å². The van der Waals surface area contributed by atoms with Crippen molar-refractivity contribution in [2.45, 2.75) is 20.0 Å². The molecule has 0 saturated carbocycles. The maximum atomic E-state index is 12.4. The first-order chi connectivity index (χ1) is 12.4. The molecule has 9 nitrogen and oxygen atoms in total. The molecule has 136 valence electrons. The van der Waals surface area contributed by atoms with Gasteiger partial charge in [0.2, 0.25) is 0 Å². The van der Waals surface area contributed by atoms with Gasteiger partial charge in [-0.2, -0.15) is 0 Å². The fourth-order valence-electron chi connectivity index (χ4n) is 2.63. The Bertz CT molecular complexity index is 986. The van der Waals surface area contributed by atoms with Crippen LogP contribution in [0.1, 0.15) is 23.2 Å². The van der Waals surface area contributed by atoms with Gasteiger partial charge in [0.1, 0.15) is 11.6 Å². The number of halogens is 1. The number of nitrogen functional groups attached to an aromatic ring is 2. The van der Waals surface area contributed by atoms with Crippen LogP contribution in [0.15, 0.2) is 18.2 Å². The van der Waals surface area contributed by atoms with E-state index in [9.17, 15) is 4.79 Å². The summed E-state index contributed by atoms with van der Waals surface area (Å²) in [6, 6.07) is 5.64. The van der Waals surface area contributed by atoms with Gasteiger partial charge in [0.15, 0.2) is 22.5 Å². The zero-order chi connectivity index (χ0) is 18.8. The van der Waals surface area contributed by atoms with Crippen LogP contribution >= 0.6 is 11.6 Å². The number of nitrogens with one attached hydrogen (secondary N) is 1. The predicted octanol–water partition coefficient (Wildman–Crippen LogP) is 1.60. The number of imidazole rings is 1. The van der Waals surface area contributed by atoms with E-state index in [1.165, 1.54) is 0 Å². The van der Waals surface area contributed by atoms with Crippen LogP contribution in [-0.4, -0.2) is 32.5 Å². The number of hydrogen-bond acceptors (Lipinski definition) is 7. The van der Waals surface area contributed by atoms with Crippen LogP contribution in [0, 0.1) is 0 Å². The van der Waals surface area contributed by atoms with Gasteiger partial charge in [-0.1, -0.05) is 11.6 Å². The van der Waals surface area contributed by atoms with E-state index in [2.05, 4.69) is 20.3 Å². The number of benzene rings is 1. The van der Waals surface area contributed by atoms with Crippen molar-refractivity contribution >= 4 is 40.2 Å². The number of rotatable bonds is 5. The maximum Gasteiger partial charge on any atom is 0.274 e. The van der Waals surface area contributed by atoms with Crippen LogP contribution in [0.3, 0.4) is 0 Å². The number of methoxy groups -OCH3 is 1. The quantitative estimate of drug-likeness (QED) is 0.616. The minimum Gasteiger partial charge on any atom is -0.497 e. The maximum absolute atomic E-state index is 12.4. The molecule has 5 N–H and O–H groups in total. The second-order valence-electron chi connectivity index (χ2n) is 5.44. The molecule has 0 aliphatic carbocycles. The second-order valence-corrected chi connectivity index (χ2v) is 5.80. The summed E-state index contributed by atoms with van der Waals surface area (Å²) < 4.78 is 7.22. The minimum absolute atomic E-state index is 0.0255. The highest BCUT2D eigenvalue weighted by atomic mass is 35.5. The number of nitrogens with zero attached hydrogens (tertiary/aromatic N) is 4. The van der Waals surface area contributed by atoms with Crippen LogP contribution in [0.4, 0.5) is 11.6 Å².